The Balaban J connectivity index is 2.30. The second kappa shape index (κ2) is 3.40. The second-order valence-electron chi connectivity index (χ2n) is 4.77. The van der Waals surface area contributed by atoms with Crippen molar-refractivity contribution in [1.29, 1.82) is 0 Å². The quantitative estimate of drug-likeness (QED) is 0.365. The standard InChI is InChI=1S/C10H20N2O3/c1-4-8(13)6(11-2)5-7(12-3)9(14)10(4,5)15/h4-9,11-15H,1-3H3. The molecule has 0 saturated heterocycles. The van der Waals surface area contributed by atoms with Gasteiger partial charge in [0.2, 0.25) is 0 Å². The van der Waals surface area contributed by atoms with Crippen molar-refractivity contribution in [1.82, 2.24) is 10.6 Å². The first kappa shape index (κ1) is 11.3. The summed E-state index contributed by atoms with van der Waals surface area (Å²) in [6.07, 6.45) is -1.41. The highest BCUT2D eigenvalue weighted by molar-refractivity contribution is 5.25. The molecule has 0 amide bonds. The summed E-state index contributed by atoms with van der Waals surface area (Å²) in [5.41, 5.74) is -1.15. The predicted octanol–water partition coefficient (Wildman–Crippen LogP) is -2.11. The summed E-state index contributed by atoms with van der Waals surface area (Å²) in [6.45, 7) is 1.78. The van der Waals surface area contributed by atoms with E-state index in [1.807, 2.05) is 0 Å². The molecule has 7 atom stereocenters. The molecule has 2 rings (SSSR count). The van der Waals surface area contributed by atoms with Gasteiger partial charge in [-0.3, -0.25) is 0 Å². The second-order valence-corrected chi connectivity index (χ2v) is 4.77. The van der Waals surface area contributed by atoms with E-state index >= 15 is 0 Å². The lowest BCUT2D eigenvalue weighted by molar-refractivity contribution is -0.219. The third kappa shape index (κ3) is 1.10. The fourth-order valence-electron chi connectivity index (χ4n) is 3.42. The van der Waals surface area contributed by atoms with Gasteiger partial charge in [-0.15, -0.1) is 0 Å². The van der Waals surface area contributed by atoms with E-state index in [1.165, 1.54) is 0 Å². The third-order valence-corrected chi connectivity index (χ3v) is 4.40. The summed E-state index contributed by atoms with van der Waals surface area (Å²) in [5.74, 6) is -0.438. The Bertz CT molecular complexity index is 263. The molecule has 0 aromatic heterocycles. The number of likely N-dealkylation sites (N-methyl/N-ethyl adjacent to an activating group) is 2. The average molecular weight is 216 g/mol. The Morgan fingerprint density at radius 3 is 2.07 bits per heavy atom. The van der Waals surface area contributed by atoms with E-state index in [-0.39, 0.29) is 23.9 Å². The number of fused-ring (bicyclic) bond motifs is 1. The molecule has 0 spiro atoms. The van der Waals surface area contributed by atoms with Crippen LogP contribution in [-0.4, -0.2) is 59.3 Å². The first-order valence-corrected chi connectivity index (χ1v) is 5.43. The maximum absolute atomic E-state index is 10.4. The van der Waals surface area contributed by atoms with E-state index < -0.39 is 17.8 Å². The van der Waals surface area contributed by atoms with Gasteiger partial charge in [-0.2, -0.15) is 0 Å². The molecule has 5 heteroatoms. The average Bonchev–Trinajstić information content (AvgIpc) is 2.40. The summed E-state index contributed by atoms with van der Waals surface area (Å²) in [6, 6.07) is -0.308. The van der Waals surface area contributed by atoms with Crippen molar-refractivity contribution in [3.8, 4) is 0 Å². The number of rotatable bonds is 2. The lowest BCUT2D eigenvalue weighted by Gasteiger charge is -2.55. The number of nitrogens with one attached hydrogen (secondary N) is 2. The van der Waals surface area contributed by atoms with Gasteiger partial charge in [-0.1, -0.05) is 6.92 Å². The Morgan fingerprint density at radius 2 is 1.60 bits per heavy atom. The molecular formula is C10H20N2O3. The van der Waals surface area contributed by atoms with Crippen LogP contribution in [-0.2, 0) is 0 Å². The molecule has 2 fully saturated rings. The topological polar surface area (TPSA) is 84.8 Å². The zero-order chi connectivity index (χ0) is 11.4. The van der Waals surface area contributed by atoms with Crippen molar-refractivity contribution in [2.75, 3.05) is 14.1 Å². The minimum atomic E-state index is -1.15. The summed E-state index contributed by atoms with van der Waals surface area (Å²) in [4.78, 5) is 0. The van der Waals surface area contributed by atoms with Crippen LogP contribution in [0.15, 0.2) is 0 Å². The van der Waals surface area contributed by atoms with Crippen molar-refractivity contribution in [2.24, 2.45) is 11.8 Å². The van der Waals surface area contributed by atoms with Crippen molar-refractivity contribution >= 4 is 0 Å². The van der Waals surface area contributed by atoms with Gasteiger partial charge in [0.25, 0.3) is 0 Å². The van der Waals surface area contributed by atoms with Gasteiger partial charge in [-0.05, 0) is 14.1 Å². The van der Waals surface area contributed by atoms with E-state index in [9.17, 15) is 15.3 Å². The summed E-state index contributed by atoms with van der Waals surface area (Å²) in [7, 11) is 3.53. The molecule has 0 aromatic rings. The molecule has 0 heterocycles. The SMILES string of the molecule is CNC1C(O)C(C)C2(O)C(O)C(NC)C12. The van der Waals surface area contributed by atoms with Gasteiger partial charge in [0.1, 0.15) is 5.60 Å². The van der Waals surface area contributed by atoms with Crippen LogP contribution in [0.2, 0.25) is 0 Å². The Hall–Kier alpha value is -0.200. The third-order valence-electron chi connectivity index (χ3n) is 4.40. The molecule has 15 heavy (non-hydrogen) atoms. The number of aliphatic hydroxyl groups is 3. The zero-order valence-corrected chi connectivity index (χ0v) is 9.31. The van der Waals surface area contributed by atoms with Crippen LogP contribution in [0, 0.1) is 11.8 Å². The van der Waals surface area contributed by atoms with Crippen molar-refractivity contribution in [3.05, 3.63) is 0 Å². The number of hydrogen-bond donors (Lipinski definition) is 5. The van der Waals surface area contributed by atoms with Crippen molar-refractivity contribution in [2.45, 2.75) is 36.8 Å². The summed E-state index contributed by atoms with van der Waals surface area (Å²) < 4.78 is 0. The molecule has 88 valence electrons. The molecule has 5 nitrogen and oxygen atoms in total. The fraction of sp³-hybridized carbons (Fsp3) is 1.00. The predicted molar refractivity (Wildman–Crippen MR) is 55.3 cm³/mol. The van der Waals surface area contributed by atoms with Gasteiger partial charge in [0.05, 0.1) is 12.2 Å². The highest BCUT2D eigenvalue weighted by atomic mass is 16.4. The largest absolute Gasteiger partial charge is 0.391 e. The van der Waals surface area contributed by atoms with Gasteiger partial charge in [0, 0.05) is 23.9 Å². The van der Waals surface area contributed by atoms with Gasteiger partial charge < -0.3 is 26.0 Å². The van der Waals surface area contributed by atoms with E-state index in [2.05, 4.69) is 10.6 Å². The van der Waals surface area contributed by atoms with Gasteiger partial charge >= 0.3 is 0 Å². The van der Waals surface area contributed by atoms with Gasteiger partial charge in [-0.25, -0.2) is 0 Å². The number of hydrogen-bond acceptors (Lipinski definition) is 5. The maximum atomic E-state index is 10.4. The first-order chi connectivity index (χ1) is 7.00. The molecule has 7 unspecified atom stereocenters. The van der Waals surface area contributed by atoms with Crippen LogP contribution in [0.5, 0.6) is 0 Å². The molecule has 5 N–H and O–H groups in total. The zero-order valence-electron chi connectivity index (χ0n) is 9.31. The monoisotopic (exact) mass is 216 g/mol. The van der Waals surface area contributed by atoms with Crippen molar-refractivity contribution in [3.63, 3.8) is 0 Å². The summed E-state index contributed by atoms with van der Waals surface area (Å²) >= 11 is 0. The van der Waals surface area contributed by atoms with Crippen LogP contribution in [0.3, 0.4) is 0 Å². The molecular weight excluding hydrogens is 196 g/mol. The maximum Gasteiger partial charge on any atom is 0.103 e. The fourth-order valence-corrected chi connectivity index (χ4v) is 3.42. The van der Waals surface area contributed by atoms with Crippen LogP contribution in [0.1, 0.15) is 6.92 Å². The minimum Gasteiger partial charge on any atom is -0.391 e. The molecule has 0 bridgehead atoms. The Labute approximate surface area is 89.5 Å². The molecule has 2 aliphatic carbocycles. The highest BCUT2D eigenvalue weighted by Gasteiger charge is 2.72. The smallest absolute Gasteiger partial charge is 0.103 e. The van der Waals surface area contributed by atoms with Crippen LogP contribution < -0.4 is 10.6 Å². The van der Waals surface area contributed by atoms with E-state index in [4.69, 9.17) is 0 Å². The molecule has 0 aliphatic heterocycles. The van der Waals surface area contributed by atoms with E-state index in [1.54, 1.807) is 21.0 Å². The first-order valence-electron chi connectivity index (χ1n) is 5.43. The minimum absolute atomic E-state index is 0.132. The Morgan fingerprint density at radius 1 is 1.07 bits per heavy atom. The van der Waals surface area contributed by atoms with Crippen LogP contribution >= 0.6 is 0 Å². The Kier molecular flexibility index (Phi) is 2.56. The van der Waals surface area contributed by atoms with Crippen LogP contribution in [0.25, 0.3) is 0 Å². The van der Waals surface area contributed by atoms with Crippen LogP contribution in [0.4, 0.5) is 0 Å². The molecule has 0 radical (unpaired) electrons. The lowest BCUT2D eigenvalue weighted by atomic mass is 9.61. The highest BCUT2D eigenvalue weighted by Crippen LogP contribution is 2.53. The normalized spacial score (nSPS) is 58.8. The molecule has 2 aliphatic rings. The molecule has 2 saturated carbocycles. The van der Waals surface area contributed by atoms with Gasteiger partial charge in [0.15, 0.2) is 0 Å². The number of aliphatic hydroxyl groups excluding tert-OH is 2. The van der Waals surface area contributed by atoms with Crippen molar-refractivity contribution < 1.29 is 15.3 Å². The lowest BCUT2D eigenvalue weighted by Crippen LogP contribution is -2.75. The van der Waals surface area contributed by atoms with E-state index in [0.717, 1.165) is 0 Å². The van der Waals surface area contributed by atoms with E-state index in [0.29, 0.717) is 0 Å². The molecule has 0 aromatic carbocycles. The summed E-state index contributed by atoms with van der Waals surface area (Å²) in [5, 5.41) is 36.2.